The summed E-state index contributed by atoms with van der Waals surface area (Å²) >= 11 is 0. The van der Waals surface area contributed by atoms with E-state index in [9.17, 15) is 18.0 Å². The van der Waals surface area contributed by atoms with Crippen LogP contribution in [0.3, 0.4) is 0 Å². The number of guanidine groups is 1. The standard InChI is InChI=1S/C18H25F3N4O3/c1-3-27-16(26)13-6-9-25(10-7-13)17(22-2)23-8-11-28-15-5-4-14(12-24-15)18(19,20)21/h4-5,12-13H,3,6-11H2,1-2H3,(H,22,23). The van der Waals surface area contributed by atoms with Crippen LogP contribution in [0.4, 0.5) is 13.2 Å². The lowest BCUT2D eigenvalue weighted by Crippen LogP contribution is -2.47. The lowest BCUT2D eigenvalue weighted by molar-refractivity contribution is -0.149. The molecule has 156 valence electrons. The van der Waals surface area contributed by atoms with Crippen molar-refractivity contribution in [2.45, 2.75) is 25.9 Å². The average molecular weight is 402 g/mol. The van der Waals surface area contributed by atoms with Gasteiger partial charge in [-0.2, -0.15) is 13.2 Å². The molecule has 0 unspecified atom stereocenters. The van der Waals surface area contributed by atoms with Gasteiger partial charge in [-0.25, -0.2) is 4.98 Å². The highest BCUT2D eigenvalue weighted by Crippen LogP contribution is 2.29. The maximum Gasteiger partial charge on any atom is 0.417 e. The zero-order chi connectivity index (χ0) is 20.6. The highest BCUT2D eigenvalue weighted by atomic mass is 19.4. The number of pyridine rings is 1. The number of likely N-dealkylation sites (tertiary alicyclic amines) is 1. The van der Waals surface area contributed by atoms with Crippen molar-refractivity contribution >= 4 is 11.9 Å². The second-order valence-electron chi connectivity index (χ2n) is 6.22. The number of esters is 1. The Balaban J connectivity index is 1.72. The van der Waals surface area contributed by atoms with Gasteiger partial charge in [-0.05, 0) is 25.8 Å². The van der Waals surface area contributed by atoms with Gasteiger partial charge < -0.3 is 19.7 Å². The number of halogens is 3. The minimum atomic E-state index is -4.42. The van der Waals surface area contributed by atoms with E-state index in [1.54, 1.807) is 14.0 Å². The molecule has 2 rings (SSSR count). The number of aromatic nitrogens is 1. The maximum absolute atomic E-state index is 12.5. The van der Waals surface area contributed by atoms with E-state index < -0.39 is 11.7 Å². The molecule has 0 bridgehead atoms. The van der Waals surface area contributed by atoms with E-state index in [-0.39, 0.29) is 24.4 Å². The molecule has 1 fully saturated rings. The van der Waals surface area contributed by atoms with Crippen LogP contribution in [0, 0.1) is 5.92 Å². The van der Waals surface area contributed by atoms with E-state index in [4.69, 9.17) is 9.47 Å². The molecule has 0 atom stereocenters. The number of aliphatic imine (C=N–C) groups is 1. The minimum Gasteiger partial charge on any atom is -0.476 e. The molecule has 1 aromatic rings. The average Bonchev–Trinajstić information content (AvgIpc) is 2.68. The molecule has 0 aliphatic carbocycles. The van der Waals surface area contributed by atoms with Gasteiger partial charge in [-0.15, -0.1) is 0 Å². The number of alkyl halides is 3. The fourth-order valence-electron chi connectivity index (χ4n) is 2.87. The van der Waals surface area contributed by atoms with Crippen molar-refractivity contribution < 1.29 is 27.4 Å². The molecular formula is C18H25F3N4O3. The number of nitrogens with one attached hydrogen (secondary N) is 1. The predicted octanol–water partition coefficient (Wildman–Crippen LogP) is 2.33. The van der Waals surface area contributed by atoms with E-state index >= 15 is 0 Å². The van der Waals surface area contributed by atoms with Crippen LogP contribution in [0.1, 0.15) is 25.3 Å². The van der Waals surface area contributed by atoms with Crippen molar-refractivity contribution in [2.24, 2.45) is 10.9 Å². The number of carbonyl (C=O) groups excluding carboxylic acids is 1. The summed E-state index contributed by atoms with van der Waals surface area (Å²) < 4.78 is 47.9. The monoisotopic (exact) mass is 402 g/mol. The number of piperidine rings is 1. The van der Waals surface area contributed by atoms with Crippen LogP contribution in [0.5, 0.6) is 5.88 Å². The van der Waals surface area contributed by atoms with E-state index in [0.29, 0.717) is 45.0 Å². The highest BCUT2D eigenvalue weighted by Gasteiger charge is 2.30. The van der Waals surface area contributed by atoms with E-state index in [0.717, 1.165) is 12.3 Å². The van der Waals surface area contributed by atoms with Crippen LogP contribution >= 0.6 is 0 Å². The first-order valence-corrected chi connectivity index (χ1v) is 9.13. The van der Waals surface area contributed by atoms with Gasteiger partial charge in [0.2, 0.25) is 5.88 Å². The van der Waals surface area contributed by atoms with Crippen LogP contribution in [0.2, 0.25) is 0 Å². The summed E-state index contributed by atoms with van der Waals surface area (Å²) in [5.74, 6) is 0.581. The summed E-state index contributed by atoms with van der Waals surface area (Å²) in [7, 11) is 1.66. The number of hydrogen-bond donors (Lipinski definition) is 1. The van der Waals surface area contributed by atoms with Gasteiger partial charge in [0.15, 0.2) is 5.96 Å². The molecule has 7 nitrogen and oxygen atoms in total. The third kappa shape index (κ3) is 6.28. The zero-order valence-corrected chi connectivity index (χ0v) is 16.0. The van der Waals surface area contributed by atoms with Crippen molar-refractivity contribution in [3.05, 3.63) is 23.9 Å². The van der Waals surface area contributed by atoms with Crippen LogP contribution in [0.25, 0.3) is 0 Å². The Morgan fingerprint density at radius 3 is 2.61 bits per heavy atom. The summed E-state index contributed by atoms with van der Waals surface area (Å²) in [6.45, 7) is 4.18. The van der Waals surface area contributed by atoms with Crippen LogP contribution < -0.4 is 10.1 Å². The molecule has 1 aliphatic heterocycles. The van der Waals surface area contributed by atoms with Gasteiger partial charge >= 0.3 is 12.1 Å². The lowest BCUT2D eigenvalue weighted by atomic mass is 9.97. The minimum absolute atomic E-state index is 0.0802. The van der Waals surface area contributed by atoms with Crippen LogP contribution in [-0.4, -0.2) is 61.7 Å². The van der Waals surface area contributed by atoms with Crippen LogP contribution in [0.15, 0.2) is 23.3 Å². The quantitative estimate of drug-likeness (QED) is 0.341. The molecule has 1 aliphatic rings. The third-order valence-electron chi connectivity index (χ3n) is 4.33. The first-order valence-electron chi connectivity index (χ1n) is 9.13. The number of ether oxygens (including phenoxy) is 2. The van der Waals surface area contributed by atoms with Gasteiger partial charge in [0.05, 0.1) is 24.6 Å². The number of carbonyl (C=O) groups is 1. The van der Waals surface area contributed by atoms with Crippen molar-refractivity contribution in [3.63, 3.8) is 0 Å². The topological polar surface area (TPSA) is 76.0 Å². The molecule has 0 radical (unpaired) electrons. The molecule has 2 heterocycles. The van der Waals surface area contributed by atoms with Gasteiger partial charge in [0.25, 0.3) is 0 Å². The van der Waals surface area contributed by atoms with Crippen molar-refractivity contribution in [3.8, 4) is 5.88 Å². The summed E-state index contributed by atoms with van der Waals surface area (Å²) in [4.78, 5) is 21.7. The van der Waals surface area contributed by atoms with Gasteiger partial charge in [-0.1, -0.05) is 0 Å². The Kier molecular flexibility index (Phi) is 7.89. The summed E-state index contributed by atoms with van der Waals surface area (Å²) in [6, 6.07) is 2.13. The Labute approximate surface area is 161 Å². The highest BCUT2D eigenvalue weighted by molar-refractivity contribution is 5.80. The van der Waals surface area contributed by atoms with Gasteiger partial charge in [0.1, 0.15) is 6.61 Å². The molecule has 10 heteroatoms. The molecular weight excluding hydrogens is 377 g/mol. The Morgan fingerprint density at radius 2 is 2.07 bits per heavy atom. The third-order valence-corrected chi connectivity index (χ3v) is 4.33. The van der Waals surface area contributed by atoms with E-state index in [2.05, 4.69) is 15.3 Å². The fourth-order valence-corrected chi connectivity index (χ4v) is 2.87. The number of rotatable bonds is 6. The molecule has 0 saturated carbocycles. The molecule has 0 aromatic carbocycles. The lowest BCUT2D eigenvalue weighted by Gasteiger charge is -2.33. The SMILES string of the molecule is CCOC(=O)C1CCN(C(=NC)NCCOc2ccc(C(F)(F)F)cn2)CC1. The van der Waals surface area contributed by atoms with Crippen molar-refractivity contribution in [1.82, 2.24) is 15.2 Å². The second-order valence-corrected chi connectivity index (χ2v) is 6.22. The molecule has 0 spiro atoms. The molecule has 0 amide bonds. The largest absolute Gasteiger partial charge is 0.476 e. The normalized spacial score (nSPS) is 16.0. The van der Waals surface area contributed by atoms with Crippen molar-refractivity contribution in [2.75, 3.05) is 39.9 Å². The van der Waals surface area contributed by atoms with E-state index in [1.165, 1.54) is 6.07 Å². The molecule has 1 N–H and O–H groups in total. The van der Waals surface area contributed by atoms with Crippen molar-refractivity contribution in [1.29, 1.82) is 0 Å². The van der Waals surface area contributed by atoms with Crippen LogP contribution in [-0.2, 0) is 15.7 Å². The Morgan fingerprint density at radius 1 is 1.36 bits per heavy atom. The molecule has 1 aromatic heterocycles. The first kappa shape index (κ1) is 21.8. The molecule has 28 heavy (non-hydrogen) atoms. The van der Waals surface area contributed by atoms with Gasteiger partial charge in [-0.3, -0.25) is 9.79 Å². The Hall–Kier alpha value is -2.52. The molecule has 1 saturated heterocycles. The maximum atomic E-state index is 12.5. The summed E-state index contributed by atoms with van der Waals surface area (Å²) in [5.41, 5.74) is -0.815. The summed E-state index contributed by atoms with van der Waals surface area (Å²) in [6.07, 6.45) is -2.27. The van der Waals surface area contributed by atoms with E-state index in [1.807, 2.05) is 4.90 Å². The first-order chi connectivity index (χ1) is 13.3. The zero-order valence-electron chi connectivity index (χ0n) is 16.0. The smallest absolute Gasteiger partial charge is 0.417 e. The predicted molar refractivity (Wildman–Crippen MR) is 97.0 cm³/mol. The second kappa shape index (κ2) is 10.1. The van der Waals surface area contributed by atoms with Gasteiger partial charge in [0, 0.05) is 32.4 Å². The number of nitrogens with zero attached hydrogens (tertiary/aromatic N) is 3. The Bertz CT molecular complexity index is 657. The summed E-state index contributed by atoms with van der Waals surface area (Å²) in [5, 5.41) is 3.14. The fraction of sp³-hybridized carbons (Fsp3) is 0.611. The number of hydrogen-bond acceptors (Lipinski definition) is 5.